The minimum atomic E-state index is 1.06. The maximum Gasteiger partial charge on any atom is 0.0191 e. The van der Waals surface area contributed by atoms with E-state index in [0.717, 1.165) is 12.8 Å². The molecule has 40 valence electrons. The van der Waals surface area contributed by atoms with E-state index in [1.54, 1.807) is 6.20 Å². The Morgan fingerprint density at radius 3 is 2.86 bits per heavy atom. The molecule has 0 aliphatic rings. The average molecular weight is 97.2 g/mol. The molecule has 7 heavy (non-hydrogen) atoms. The number of hydrogen-bond donors (Lipinski definition) is 0. The number of unbranched alkanes of at least 4 members (excludes halogenated alkanes) is 1. The molecule has 0 aromatic rings. The Labute approximate surface area is 44.8 Å². The van der Waals surface area contributed by atoms with E-state index in [-0.39, 0.29) is 0 Å². The van der Waals surface area contributed by atoms with Crippen LogP contribution < -0.4 is 0 Å². The van der Waals surface area contributed by atoms with E-state index in [0.29, 0.717) is 0 Å². The molecule has 0 aromatic carbocycles. The minimum Gasteiger partial charge on any atom is -0.270 e. The molecule has 0 aliphatic heterocycles. The summed E-state index contributed by atoms with van der Waals surface area (Å²) < 4.78 is 0. The third kappa shape index (κ3) is 5.41. The van der Waals surface area contributed by atoms with Gasteiger partial charge in [0.2, 0.25) is 0 Å². The summed E-state index contributed by atoms with van der Waals surface area (Å²) in [5.41, 5.74) is 0. The van der Waals surface area contributed by atoms with Gasteiger partial charge in [-0.25, -0.2) is 0 Å². The first-order valence-corrected chi connectivity index (χ1v) is 2.54. The SMILES string of the molecule is C=CN=CCCC. The molecule has 0 amide bonds. The van der Waals surface area contributed by atoms with Crippen LogP contribution in [0, 0.1) is 0 Å². The van der Waals surface area contributed by atoms with Crippen LogP contribution in [0.1, 0.15) is 19.8 Å². The summed E-state index contributed by atoms with van der Waals surface area (Å²) in [5.74, 6) is 0. The first kappa shape index (κ1) is 6.41. The predicted molar refractivity (Wildman–Crippen MR) is 33.6 cm³/mol. The van der Waals surface area contributed by atoms with E-state index >= 15 is 0 Å². The lowest BCUT2D eigenvalue weighted by Gasteiger charge is -1.76. The molecule has 0 fully saturated rings. The molecule has 0 N–H and O–H groups in total. The van der Waals surface area contributed by atoms with E-state index < -0.39 is 0 Å². The smallest absolute Gasteiger partial charge is 0.0191 e. The highest BCUT2D eigenvalue weighted by atomic mass is 14.6. The highest BCUT2D eigenvalue weighted by Gasteiger charge is 1.67. The Morgan fingerprint density at radius 1 is 1.71 bits per heavy atom. The topological polar surface area (TPSA) is 12.4 Å². The zero-order valence-electron chi connectivity index (χ0n) is 4.72. The van der Waals surface area contributed by atoms with Crippen molar-refractivity contribution in [3.05, 3.63) is 12.8 Å². The second-order valence-corrected chi connectivity index (χ2v) is 1.30. The molecular formula is C6H11N. The van der Waals surface area contributed by atoms with Crippen molar-refractivity contribution in [2.24, 2.45) is 4.99 Å². The molecule has 0 aliphatic carbocycles. The summed E-state index contributed by atoms with van der Waals surface area (Å²) in [5, 5.41) is 0. The van der Waals surface area contributed by atoms with Gasteiger partial charge in [0.25, 0.3) is 0 Å². The lowest BCUT2D eigenvalue weighted by atomic mass is 10.4. The fraction of sp³-hybridized carbons (Fsp3) is 0.500. The number of hydrogen-bond acceptors (Lipinski definition) is 1. The van der Waals surface area contributed by atoms with Crippen LogP contribution in [-0.2, 0) is 0 Å². The van der Waals surface area contributed by atoms with E-state index in [9.17, 15) is 0 Å². The zero-order valence-corrected chi connectivity index (χ0v) is 4.72. The first-order chi connectivity index (χ1) is 3.41. The standard InChI is InChI=1S/C6H11N/c1-3-5-6-7-4-2/h4,6H,2-3,5H2,1H3. The van der Waals surface area contributed by atoms with Crippen LogP contribution in [0.15, 0.2) is 17.8 Å². The zero-order chi connectivity index (χ0) is 5.54. The Kier molecular flexibility index (Phi) is 4.95. The van der Waals surface area contributed by atoms with Crippen molar-refractivity contribution in [3.8, 4) is 0 Å². The molecule has 0 spiro atoms. The van der Waals surface area contributed by atoms with Crippen molar-refractivity contribution >= 4 is 6.21 Å². The van der Waals surface area contributed by atoms with Gasteiger partial charge in [-0.15, -0.1) is 0 Å². The van der Waals surface area contributed by atoms with Gasteiger partial charge in [0, 0.05) is 12.4 Å². The second kappa shape index (κ2) is 5.41. The van der Waals surface area contributed by atoms with E-state index in [1.807, 2.05) is 6.21 Å². The Hall–Kier alpha value is -0.590. The average Bonchev–Trinajstić information content (AvgIpc) is 1.69. The van der Waals surface area contributed by atoms with Crippen molar-refractivity contribution in [2.75, 3.05) is 0 Å². The normalized spacial score (nSPS) is 9.86. The van der Waals surface area contributed by atoms with Crippen molar-refractivity contribution in [1.82, 2.24) is 0 Å². The molecule has 0 aromatic heterocycles. The highest BCUT2D eigenvalue weighted by Crippen LogP contribution is 1.79. The summed E-state index contributed by atoms with van der Waals surface area (Å²) in [4.78, 5) is 3.80. The number of rotatable bonds is 3. The van der Waals surface area contributed by atoms with Gasteiger partial charge >= 0.3 is 0 Å². The quantitative estimate of drug-likeness (QED) is 0.477. The van der Waals surface area contributed by atoms with E-state index in [1.165, 1.54) is 0 Å². The lowest BCUT2D eigenvalue weighted by Crippen LogP contribution is -1.67. The number of aliphatic imine (C=N–C) groups is 1. The van der Waals surface area contributed by atoms with Crippen LogP contribution >= 0.6 is 0 Å². The molecule has 1 nitrogen and oxygen atoms in total. The van der Waals surface area contributed by atoms with E-state index in [2.05, 4.69) is 18.5 Å². The lowest BCUT2D eigenvalue weighted by molar-refractivity contribution is 1.01. The predicted octanol–water partition coefficient (Wildman–Crippen LogP) is 2.00. The molecule has 0 rings (SSSR count). The largest absolute Gasteiger partial charge is 0.270 e. The third-order valence-corrected chi connectivity index (χ3v) is 0.629. The molecule has 0 atom stereocenters. The van der Waals surface area contributed by atoms with Gasteiger partial charge < -0.3 is 0 Å². The van der Waals surface area contributed by atoms with Crippen molar-refractivity contribution in [2.45, 2.75) is 19.8 Å². The highest BCUT2D eigenvalue weighted by molar-refractivity contribution is 5.57. The van der Waals surface area contributed by atoms with Gasteiger partial charge in [0.15, 0.2) is 0 Å². The molecule has 0 bridgehead atoms. The summed E-state index contributed by atoms with van der Waals surface area (Å²) in [7, 11) is 0. The maximum absolute atomic E-state index is 3.80. The van der Waals surface area contributed by atoms with Gasteiger partial charge in [0.05, 0.1) is 0 Å². The summed E-state index contributed by atoms with van der Waals surface area (Å²) >= 11 is 0. The van der Waals surface area contributed by atoms with Gasteiger partial charge in [-0.1, -0.05) is 19.9 Å². The number of nitrogens with zero attached hydrogens (tertiary/aromatic N) is 1. The molecule has 0 unspecified atom stereocenters. The van der Waals surface area contributed by atoms with Crippen LogP contribution in [0.5, 0.6) is 0 Å². The van der Waals surface area contributed by atoms with Gasteiger partial charge in [0.1, 0.15) is 0 Å². The fourth-order valence-corrected chi connectivity index (χ4v) is 0.278. The Morgan fingerprint density at radius 2 is 2.43 bits per heavy atom. The molecule has 0 saturated carbocycles. The van der Waals surface area contributed by atoms with Gasteiger partial charge in [-0.05, 0) is 6.42 Å². The maximum atomic E-state index is 3.80. The van der Waals surface area contributed by atoms with E-state index in [4.69, 9.17) is 0 Å². The molecule has 1 heteroatoms. The molecule has 0 heterocycles. The Balaban J connectivity index is 2.92. The van der Waals surface area contributed by atoms with Crippen molar-refractivity contribution in [1.29, 1.82) is 0 Å². The molecule has 0 radical (unpaired) electrons. The van der Waals surface area contributed by atoms with Crippen molar-refractivity contribution < 1.29 is 0 Å². The summed E-state index contributed by atoms with van der Waals surface area (Å²) in [6.07, 6.45) is 5.64. The van der Waals surface area contributed by atoms with Crippen LogP contribution in [0.2, 0.25) is 0 Å². The summed E-state index contributed by atoms with van der Waals surface area (Å²) in [6, 6.07) is 0. The fourth-order valence-electron chi connectivity index (χ4n) is 0.278. The molecule has 0 saturated heterocycles. The van der Waals surface area contributed by atoms with Crippen LogP contribution in [0.4, 0.5) is 0 Å². The minimum absolute atomic E-state index is 1.06. The second-order valence-electron chi connectivity index (χ2n) is 1.30. The van der Waals surface area contributed by atoms with Crippen LogP contribution in [-0.4, -0.2) is 6.21 Å². The van der Waals surface area contributed by atoms with Crippen LogP contribution in [0.3, 0.4) is 0 Å². The summed E-state index contributed by atoms with van der Waals surface area (Å²) in [6.45, 7) is 5.55. The Bertz CT molecular complexity index is 64.6. The monoisotopic (exact) mass is 97.1 g/mol. The van der Waals surface area contributed by atoms with Crippen molar-refractivity contribution in [3.63, 3.8) is 0 Å². The molecular weight excluding hydrogens is 86.1 g/mol. The van der Waals surface area contributed by atoms with Gasteiger partial charge in [-0.2, -0.15) is 0 Å². The van der Waals surface area contributed by atoms with Crippen LogP contribution in [0.25, 0.3) is 0 Å². The third-order valence-electron chi connectivity index (χ3n) is 0.629. The van der Waals surface area contributed by atoms with Gasteiger partial charge in [-0.3, -0.25) is 4.99 Å². The first-order valence-electron chi connectivity index (χ1n) is 2.54.